The normalized spacial score (nSPS) is 15.4. The topological polar surface area (TPSA) is 710 Å². The highest BCUT2D eigenvalue weighted by atomic mass is 32.2. The van der Waals surface area contributed by atoms with Crippen molar-refractivity contribution < 1.29 is 107 Å². The summed E-state index contributed by atoms with van der Waals surface area (Å²) < 4.78 is 0. The fraction of sp³-hybridized carbons (Fsp3) is 0.521. The second kappa shape index (κ2) is 47.0. The number of carbonyl (C=O) groups excluding carboxylic acids is 16. The van der Waals surface area contributed by atoms with Gasteiger partial charge in [0, 0.05) is 61.8 Å². The lowest BCUT2D eigenvalue weighted by molar-refractivity contribution is -0.143. The van der Waals surface area contributed by atoms with Crippen LogP contribution >= 0.6 is 11.8 Å². The summed E-state index contributed by atoms with van der Waals surface area (Å²) >= 11 is 1.40. The Morgan fingerprint density at radius 1 is 0.439 bits per heavy atom. The summed E-state index contributed by atoms with van der Waals surface area (Å²) in [5, 5.41) is 81.9. The number of amides is 16. The minimum Gasteiger partial charge on any atom is -0.480 e. The van der Waals surface area contributed by atoms with E-state index in [1.54, 1.807) is 74.7 Å². The number of H-pyrrole nitrogens is 2. The molecular formula is C71H104N20O22S. The van der Waals surface area contributed by atoms with Crippen LogP contribution in [0.25, 0.3) is 10.9 Å². The number of nitrogens with two attached hydrogens (primary N) is 5. The van der Waals surface area contributed by atoms with Crippen LogP contribution in [0.4, 0.5) is 0 Å². The van der Waals surface area contributed by atoms with Crippen LogP contribution in [0, 0.1) is 5.92 Å². The van der Waals surface area contributed by atoms with Crippen molar-refractivity contribution in [1.82, 2.24) is 78.8 Å². The van der Waals surface area contributed by atoms with Crippen molar-refractivity contribution in [1.29, 1.82) is 0 Å². The molecule has 2 heterocycles. The number of nitrogens with one attached hydrogen (secondary N) is 14. The number of carboxylic acids is 1. The number of rotatable bonds is 51. The lowest BCUT2D eigenvalue weighted by Gasteiger charge is -2.29. The largest absolute Gasteiger partial charge is 0.480 e. The van der Waals surface area contributed by atoms with Crippen molar-refractivity contribution >= 4 is 123 Å². The number of aliphatic hydroxyl groups is 4. The number of thioether (sulfide) groups is 1. The van der Waals surface area contributed by atoms with Gasteiger partial charge in [-0.15, -0.1) is 0 Å². The molecule has 2 aromatic carbocycles. The fourth-order valence-corrected chi connectivity index (χ4v) is 11.8. The van der Waals surface area contributed by atoms with Crippen LogP contribution in [0.5, 0.6) is 0 Å². The van der Waals surface area contributed by atoms with E-state index in [2.05, 4.69) is 78.8 Å². The molecule has 4 aromatic rings. The maximum Gasteiger partial charge on any atom is 0.326 e. The van der Waals surface area contributed by atoms with Gasteiger partial charge in [-0.05, 0) is 88.0 Å². The minimum atomic E-state index is -2.12. The SMILES string of the molecule is CSCC[C@H](N)C(=O)N[C@@H](CCC(N)=O)C(=O)N[C@@H](Cc1c[nH]c2ccccc12)C(=O)N[C@@H](CC(N)=O)C(=O)N[C@@H](CO)C(=O)N[C@H](C(=O)N[C@H](C(=O)N[C@@H](Cc1ccccc1)C(=O)N[C@@H](Cc1c[nH]cn1)C(=O)N[C@@H](CCC(N)=O)C(=O)N[C@H](C(=O)N[C@@H](CC(C)C)C(=O)N[C@@H](CCC(N)=O)C(=O)O)[C@@H](C)O)[C@@H](C)O)[C@@H](C)O. The van der Waals surface area contributed by atoms with Crippen LogP contribution in [0.2, 0.25) is 0 Å². The van der Waals surface area contributed by atoms with E-state index < -0.39 is 249 Å². The molecule has 0 radical (unpaired) electrons. The molecule has 29 N–H and O–H groups in total. The molecule has 16 amide bonds. The Labute approximate surface area is 658 Å². The van der Waals surface area contributed by atoms with Crippen LogP contribution < -0.4 is 92.5 Å². The highest BCUT2D eigenvalue weighted by molar-refractivity contribution is 7.98. The second-order valence-electron chi connectivity index (χ2n) is 27.5. The van der Waals surface area contributed by atoms with Gasteiger partial charge in [0.15, 0.2) is 0 Å². The number of carbonyl (C=O) groups is 17. The number of aromatic amines is 2. The quantitative estimate of drug-likeness (QED) is 0.0195. The maximum absolute atomic E-state index is 14.8. The van der Waals surface area contributed by atoms with E-state index in [-0.39, 0.29) is 43.7 Å². The third kappa shape index (κ3) is 31.8. The molecular weight excluding hydrogens is 1520 g/mol. The highest BCUT2D eigenvalue weighted by Crippen LogP contribution is 2.21. The average Bonchev–Trinajstić information content (AvgIpc) is 1.59. The molecule has 0 fully saturated rings. The van der Waals surface area contributed by atoms with Crippen LogP contribution in [0.3, 0.4) is 0 Å². The number of para-hydroxylation sites is 1. The highest BCUT2D eigenvalue weighted by Gasteiger charge is 2.40. The number of hydrogen-bond acceptors (Lipinski definition) is 24. The Morgan fingerprint density at radius 3 is 1.32 bits per heavy atom. The zero-order chi connectivity index (χ0) is 85.2. The summed E-state index contributed by atoms with van der Waals surface area (Å²) in [6, 6.07) is -8.22. The maximum atomic E-state index is 14.8. The number of fused-ring (bicyclic) bond motifs is 1. The Balaban J connectivity index is 1.60. The zero-order valence-electron chi connectivity index (χ0n) is 63.6. The summed E-state index contributed by atoms with van der Waals surface area (Å²) in [5.74, 6) is -19.4. The van der Waals surface area contributed by atoms with E-state index in [1.165, 1.54) is 30.5 Å². The van der Waals surface area contributed by atoms with Gasteiger partial charge in [-0.3, -0.25) is 76.7 Å². The number of carboxylic acid groups (broad SMARTS) is 1. The average molecular weight is 1620 g/mol. The number of benzene rings is 2. The number of aliphatic hydroxyl groups excluding tert-OH is 4. The lowest BCUT2D eigenvalue weighted by Crippen LogP contribution is -2.64. The van der Waals surface area contributed by atoms with E-state index in [0.717, 1.165) is 20.8 Å². The Morgan fingerprint density at radius 2 is 0.833 bits per heavy atom. The van der Waals surface area contributed by atoms with Crippen molar-refractivity contribution in [3.8, 4) is 0 Å². The molecule has 16 atom stereocenters. The van der Waals surface area contributed by atoms with Crippen molar-refractivity contribution in [3.05, 3.63) is 90.1 Å². The van der Waals surface area contributed by atoms with E-state index in [0.29, 0.717) is 27.8 Å². The smallest absolute Gasteiger partial charge is 0.326 e. The van der Waals surface area contributed by atoms with Gasteiger partial charge >= 0.3 is 5.97 Å². The van der Waals surface area contributed by atoms with Gasteiger partial charge in [0.25, 0.3) is 0 Å². The molecule has 0 aliphatic carbocycles. The Bertz CT molecular complexity index is 4000. The van der Waals surface area contributed by atoms with Gasteiger partial charge in [-0.25, -0.2) is 9.78 Å². The number of aromatic nitrogens is 3. The molecule has 0 saturated carbocycles. The molecule has 2 aromatic heterocycles. The summed E-state index contributed by atoms with van der Waals surface area (Å²) in [6.07, 6.45) is -4.51. The van der Waals surface area contributed by atoms with E-state index in [9.17, 15) is 107 Å². The molecule has 0 unspecified atom stereocenters. The van der Waals surface area contributed by atoms with Crippen LogP contribution in [-0.2, 0) is 101 Å². The molecule has 114 heavy (non-hydrogen) atoms. The Hall–Kier alpha value is -11.7. The Kier molecular flexibility index (Phi) is 39.0. The van der Waals surface area contributed by atoms with E-state index in [4.69, 9.17) is 28.7 Å². The third-order valence-electron chi connectivity index (χ3n) is 17.5. The molecule has 626 valence electrons. The first kappa shape index (κ1) is 94.7. The molecule has 0 bridgehead atoms. The van der Waals surface area contributed by atoms with Gasteiger partial charge in [0.1, 0.15) is 72.5 Å². The standard InChI is InChI=1S/C71H104N20O22S/c1-33(2)24-46(62(103)82-45(71(112)113)18-21-54(75)98)86-68(109)56(34(3)93)89-61(102)44(17-20-53(74)97)81-65(106)49(27-39-30-77-32-79-39)84-63(104)47(25-37-12-8-7-9-13-37)87-69(110)57(35(4)94)91-70(111)58(36(5)95)90-67(108)51(31-92)88-66(107)50(28-55(76)99)85-64(105)48(26-38-29-78-42-15-11-10-14-40(38)42)83-60(101)43(16-19-52(73)96)80-59(100)41(72)22-23-114-6/h7-15,29-30,32-36,41,43-51,56-58,78,92-95H,16-28,31,72H2,1-6H3,(H2,73,96)(H2,74,97)(H2,75,98)(H2,76,99)(H,77,79)(H,80,100)(H,81,106)(H,82,103)(H,83,101)(H,84,104)(H,85,105)(H,86,109)(H,87,110)(H,88,107)(H,89,102)(H,90,108)(H,91,111)(H,112,113)/t34-,35-,36-,41+,43+,44+,45+,46+,47+,48+,49+,50+,51+,56+,57+,58+/m1/s1. The molecule has 4 rings (SSSR count). The fourth-order valence-electron chi connectivity index (χ4n) is 11.3. The summed E-state index contributed by atoms with van der Waals surface area (Å²) in [7, 11) is 0. The molecule has 42 nitrogen and oxygen atoms in total. The van der Waals surface area contributed by atoms with Gasteiger partial charge in [-0.2, -0.15) is 11.8 Å². The molecule has 0 aliphatic heterocycles. The molecule has 0 aliphatic rings. The minimum absolute atomic E-state index is 0.115. The molecule has 43 heteroatoms. The lowest BCUT2D eigenvalue weighted by atomic mass is 10.0. The second-order valence-corrected chi connectivity index (χ2v) is 28.5. The monoisotopic (exact) mass is 1620 g/mol. The van der Waals surface area contributed by atoms with Crippen LogP contribution in [-0.4, -0.2) is 256 Å². The first-order valence-electron chi connectivity index (χ1n) is 36.2. The number of aliphatic carboxylic acids is 1. The summed E-state index contributed by atoms with van der Waals surface area (Å²) in [5.41, 5.74) is 29.2. The van der Waals surface area contributed by atoms with Crippen LogP contribution in [0.1, 0.15) is 109 Å². The predicted octanol–water partition coefficient (Wildman–Crippen LogP) is -8.25. The first-order chi connectivity index (χ1) is 53.7. The number of nitrogens with zero attached hydrogens (tertiary/aromatic N) is 1. The predicted molar refractivity (Wildman–Crippen MR) is 407 cm³/mol. The van der Waals surface area contributed by atoms with Crippen molar-refractivity contribution in [3.63, 3.8) is 0 Å². The number of imidazole rings is 1. The van der Waals surface area contributed by atoms with E-state index in [1.807, 2.05) is 0 Å². The van der Waals surface area contributed by atoms with E-state index >= 15 is 0 Å². The van der Waals surface area contributed by atoms with Gasteiger partial charge in [0.05, 0.1) is 49.4 Å². The number of primary amides is 4. The molecule has 0 saturated heterocycles. The van der Waals surface area contributed by atoms with Gasteiger partial charge in [0.2, 0.25) is 94.5 Å². The van der Waals surface area contributed by atoms with Crippen molar-refractivity contribution in [2.45, 2.75) is 209 Å². The van der Waals surface area contributed by atoms with Gasteiger partial charge < -0.3 is 128 Å². The van der Waals surface area contributed by atoms with Crippen LogP contribution in [0.15, 0.2) is 73.3 Å². The summed E-state index contributed by atoms with van der Waals surface area (Å²) in [6.45, 7) is 5.15. The zero-order valence-corrected chi connectivity index (χ0v) is 64.4. The van der Waals surface area contributed by atoms with Gasteiger partial charge in [-0.1, -0.05) is 62.4 Å². The third-order valence-corrected chi connectivity index (χ3v) is 18.2. The van der Waals surface area contributed by atoms with Crippen molar-refractivity contribution in [2.24, 2.45) is 34.6 Å². The first-order valence-corrected chi connectivity index (χ1v) is 37.6. The van der Waals surface area contributed by atoms with Crippen molar-refractivity contribution in [2.75, 3.05) is 18.6 Å². The molecule has 0 spiro atoms. The summed E-state index contributed by atoms with van der Waals surface area (Å²) in [4.78, 5) is 240. The number of hydrogen-bond donors (Lipinski definition) is 24.